The molecule has 0 bridgehead atoms. The van der Waals surface area contributed by atoms with Gasteiger partial charge in [-0.15, -0.1) is 0 Å². The maximum Gasteiger partial charge on any atom is 0.338 e. The third-order valence-corrected chi connectivity index (χ3v) is 1.64. The van der Waals surface area contributed by atoms with Gasteiger partial charge in [0.25, 0.3) is 0 Å². The molecule has 0 unspecified atom stereocenters. The summed E-state index contributed by atoms with van der Waals surface area (Å²) in [4.78, 5) is 3.05. The number of hydrogen-bond acceptors (Lipinski definition) is 1. The Morgan fingerprint density at radius 2 is 2.36 bits per heavy atom. The molecule has 11 heavy (non-hydrogen) atoms. The third-order valence-electron chi connectivity index (χ3n) is 1.38. The SMILES string of the molecule is COC1=CC=C(Cl)CC1=[N+]=[N-]. The van der Waals surface area contributed by atoms with Gasteiger partial charge in [0.15, 0.2) is 0 Å². The molecule has 0 saturated carbocycles. The molecule has 0 saturated heterocycles. The predicted molar refractivity (Wildman–Crippen MR) is 42.3 cm³/mol. The fourth-order valence-corrected chi connectivity index (χ4v) is 1.03. The second-order valence-corrected chi connectivity index (χ2v) is 2.56. The fourth-order valence-electron chi connectivity index (χ4n) is 0.839. The summed E-state index contributed by atoms with van der Waals surface area (Å²) in [5.41, 5.74) is 8.95. The van der Waals surface area contributed by atoms with Gasteiger partial charge in [-0.05, 0) is 12.2 Å². The summed E-state index contributed by atoms with van der Waals surface area (Å²) in [6, 6.07) is 0. The molecule has 0 spiro atoms. The molecule has 0 radical (unpaired) electrons. The summed E-state index contributed by atoms with van der Waals surface area (Å²) < 4.78 is 4.91. The van der Waals surface area contributed by atoms with Crippen molar-refractivity contribution < 1.29 is 9.53 Å². The number of halogens is 1. The van der Waals surface area contributed by atoms with E-state index in [1.165, 1.54) is 7.11 Å². The molecule has 0 aromatic heterocycles. The van der Waals surface area contributed by atoms with Gasteiger partial charge in [0.2, 0.25) is 5.76 Å². The quantitative estimate of drug-likeness (QED) is 0.437. The third kappa shape index (κ3) is 1.70. The molecule has 0 atom stereocenters. The van der Waals surface area contributed by atoms with E-state index in [1.807, 2.05) is 0 Å². The van der Waals surface area contributed by atoms with Crippen LogP contribution in [0.3, 0.4) is 0 Å². The predicted octanol–water partition coefficient (Wildman–Crippen LogP) is 1.71. The maximum atomic E-state index is 8.49. The normalized spacial score (nSPS) is 16.7. The van der Waals surface area contributed by atoms with Gasteiger partial charge in [0.1, 0.15) is 0 Å². The highest BCUT2D eigenvalue weighted by molar-refractivity contribution is 6.32. The molecule has 0 aliphatic heterocycles. The minimum atomic E-state index is 0.428. The zero-order chi connectivity index (χ0) is 8.27. The van der Waals surface area contributed by atoms with Crippen LogP contribution in [0.1, 0.15) is 6.42 Å². The molecule has 0 fully saturated rings. The number of hydrogen-bond donors (Lipinski definition) is 0. The molecule has 0 aromatic carbocycles. The lowest BCUT2D eigenvalue weighted by Crippen LogP contribution is -2.09. The van der Waals surface area contributed by atoms with E-state index in [0.29, 0.717) is 22.9 Å². The van der Waals surface area contributed by atoms with Crippen molar-refractivity contribution in [1.29, 1.82) is 0 Å². The summed E-state index contributed by atoms with van der Waals surface area (Å²) >= 11 is 5.68. The molecule has 0 amide bonds. The Kier molecular flexibility index (Phi) is 2.47. The van der Waals surface area contributed by atoms with Crippen LogP contribution in [0, 0.1) is 0 Å². The Bertz CT molecular complexity index is 274. The van der Waals surface area contributed by atoms with Crippen molar-refractivity contribution in [3.8, 4) is 0 Å². The van der Waals surface area contributed by atoms with Crippen molar-refractivity contribution in [2.24, 2.45) is 0 Å². The summed E-state index contributed by atoms with van der Waals surface area (Å²) in [5.74, 6) is 0.553. The average Bonchev–Trinajstić information content (AvgIpc) is 2.04. The Morgan fingerprint density at radius 3 is 2.91 bits per heavy atom. The summed E-state index contributed by atoms with van der Waals surface area (Å²) in [7, 11) is 1.52. The van der Waals surface area contributed by atoms with Crippen LogP contribution in [0.5, 0.6) is 0 Å². The molecule has 0 aromatic rings. The molecule has 1 rings (SSSR count). The molecule has 0 heterocycles. The Labute approximate surface area is 69.5 Å². The summed E-state index contributed by atoms with van der Waals surface area (Å²) in [5, 5.41) is 0.638. The molecule has 0 N–H and O–H groups in total. The van der Waals surface area contributed by atoms with Crippen molar-refractivity contribution in [2.75, 3.05) is 7.11 Å². The van der Waals surface area contributed by atoms with E-state index >= 15 is 0 Å². The van der Waals surface area contributed by atoms with E-state index in [-0.39, 0.29) is 0 Å². The van der Waals surface area contributed by atoms with E-state index in [9.17, 15) is 0 Å². The zero-order valence-corrected chi connectivity index (χ0v) is 6.80. The lowest BCUT2D eigenvalue weighted by Gasteiger charge is -2.03. The molecule has 58 valence electrons. The van der Waals surface area contributed by atoms with Crippen molar-refractivity contribution in [2.45, 2.75) is 6.42 Å². The fraction of sp³-hybridized carbons (Fsp3) is 0.286. The van der Waals surface area contributed by atoms with E-state index in [4.69, 9.17) is 21.9 Å². The molecule has 4 heteroatoms. The minimum Gasteiger partial charge on any atom is -0.490 e. The van der Waals surface area contributed by atoms with Crippen LogP contribution in [0.4, 0.5) is 0 Å². The van der Waals surface area contributed by atoms with Gasteiger partial charge in [-0.25, -0.2) is 0 Å². The van der Waals surface area contributed by atoms with Crippen LogP contribution in [0.15, 0.2) is 22.9 Å². The standard InChI is InChI=1S/C7H7ClN2O/c1-11-7-3-2-5(8)4-6(7)10-9/h2-3H,4H2,1H3. The van der Waals surface area contributed by atoms with E-state index < -0.39 is 0 Å². The highest BCUT2D eigenvalue weighted by Gasteiger charge is 2.20. The first-order chi connectivity index (χ1) is 5.27. The van der Waals surface area contributed by atoms with Crippen LogP contribution < -0.4 is 0 Å². The lowest BCUT2D eigenvalue weighted by molar-refractivity contribution is -0.0109. The summed E-state index contributed by atoms with van der Waals surface area (Å²) in [6.45, 7) is 0. The van der Waals surface area contributed by atoms with Gasteiger partial charge in [0.05, 0.1) is 13.5 Å². The number of allylic oxidation sites excluding steroid dienone is 4. The highest BCUT2D eigenvalue weighted by Crippen LogP contribution is 2.17. The first-order valence-corrected chi connectivity index (χ1v) is 3.47. The number of ether oxygens (including phenoxy) is 1. The van der Waals surface area contributed by atoms with E-state index in [2.05, 4.69) is 4.79 Å². The summed E-state index contributed by atoms with van der Waals surface area (Å²) in [6.07, 6.45) is 3.81. The first kappa shape index (κ1) is 8.05. The van der Waals surface area contributed by atoms with Crippen LogP contribution in [-0.4, -0.2) is 17.6 Å². The monoisotopic (exact) mass is 170 g/mol. The van der Waals surface area contributed by atoms with Gasteiger partial charge in [-0.1, -0.05) is 11.6 Å². The van der Waals surface area contributed by atoms with Crippen molar-refractivity contribution >= 4 is 17.3 Å². The average molecular weight is 171 g/mol. The van der Waals surface area contributed by atoms with E-state index in [0.717, 1.165) is 0 Å². The molecule has 3 nitrogen and oxygen atoms in total. The molecular formula is C7H7ClN2O. The lowest BCUT2D eigenvalue weighted by atomic mass is 10.1. The molecular weight excluding hydrogens is 164 g/mol. The maximum absolute atomic E-state index is 8.49. The zero-order valence-electron chi connectivity index (χ0n) is 6.04. The second-order valence-electron chi connectivity index (χ2n) is 2.07. The van der Waals surface area contributed by atoms with Crippen molar-refractivity contribution in [3.05, 3.63) is 28.5 Å². The smallest absolute Gasteiger partial charge is 0.338 e. The van der Waals surface area contributed by atoms with Crippen LogP contribution in [-0.2, 0) is 4.74 Å². The minimum absolute atomic E-state index is 0.428. The topological polar surface area (TPSA) is 45.6 Å². The van der Waals surface area contributed by atoms with Crippen LogP contribution >= 0.6 is 11.6 Å². The Morgan fingerprint density at radius 1 is 1.64 bits per heavy atom. The van der Waals surface area contributed by atoms with Gasteiger partial charge in [-0.2, -0.15) is 4.79 Å². The molecule has 1 aliphatic rings. The first-order valence-electron chi connectivity index (χ1n) is 3.09. The number of rotatable bonds is 1. The highest BCUT2D eigenvalue weighted by atomic mass is 35.5. The van der Waals surface area contributed by atoms with Gasteiger partial charge in [-0.3, -0.25) is 0 Å². The molecule has 1 aliphatic carbocycles. The van der Waals surface area contributed by atoms with Gasteiger partial charge < -0.3 is 10.3 Å². The van der Waals surface area contributed by atoms with Crippen molar-refractivity contribution in [1.82, 2.24) is 0 Å². The largest absolute Gasteiger partial charge is 0.490 e. The second kappa shape index (κ2) is 3.37. The number of methoxy groups -OCH3 is 1. The van der Waals surface area contributed by atoms with Gasteiger partial charge in [0, 0.05) is 5.03 Å². The Hall–Kier alpha value is -1.05. The number of nitrogens with zero attached hydrogens (tertiary/aromatic N) is 2. The van der Waals surface area contributed by atoms with Crippen molar-refractivity contribution in [3.63, 3.8) is 0 Å². The van der Waals surface area contributed by atoms with Crippen LogP contribution in [0.2, 0.25) is 0 Å². The van der Waals surface area contributed by atoms with E-state index in [1.54, 1.807) is 12.2 Å². The van der Waals surface area contributed by atoms with Gasteiger partial charge >= 0.3 is 5.71 Å². The Balaban J connectivity index is 2.98. The van der Waals surface area contributed by atoms with Crippen LogP contribution in [0.25, 0.3) is 5.53 Å².